The maximum absolute atomic E-state index is 9.74. The van der Waals surface area contributed by atoms with Crippen molar-refractivity contribution in [1.82, 2.24) is 0 Å². The zero-order valence-corrected chi connectivity index (χ0v) is 13.0. The molecule has 3 nitrogen and oxygen atoms in total. The molecule has 112 valence electrons. The number of benzene rings is 1. The summed E-state index contributed by atoms with van der Waals surface area (Å²) in [5.41, 5.74) is 7.65. The summed E-state index contributed by atoms with van der Waals surface area (Å²) >= 11 is 0. The third-order valence-electron chi connectivity index (χ3n) is 5.77. The van der Waals surface area contributed by atoms with Gasteiger partial charge in [0.15, 0.2) is 0 Å². The molecule has 0 aromatic heterocycles. The summed E-state index contributed by atoms with van der Waals surface area (Å²) in [6.45, 7) is 6.88. The van der Waals surface area contributed by atoms with E-state index in [2.05, 4.69) is 20.8 Å². The molecule has 0 saturated heterocycles. The van der Waals surface area contributed by atoms with Crippen LogP contribution in [-0.2, 0) is 0 Å². The lowest BCUT2D eigenvalue weighted by atomic mass is 9.64. The SMILES string of the molecule is COc1ccc(C(N)C2CCC(C)(CO)C2(C)C)cc1. The molecule has 2 rings (SSSR count). The molecule has 1 aliphatic carbocycles. The lowest BCUT2D eigenvalue weighted by molar-refractivity contribution is 0.0192. The first-order valence-electron chi connectivity index (χ1n) is 7.36. The quantitative estimate of drug-likeness (QED) is 0.889. The third-order valence-corrected chi connectivity index (χ3v) is 5.77. The van der Waals surface area contributed by atoms with Crippen LogP contribution in [0, 0.1) is 16.7 Å². The van der Waals surface area contributed by atoms with Gasteiger partial charge in [-0.05, 0) is 47.3 Å². The predicted molar refractivity (Wildman–Crippen MR) is 81.6 cm³/mol. The first-order chi connectivity index (χ1) is 9.35. The lowest BCUT2D eigenvalue weighted by Gasteiger charge is -2.42. The van der Waals surface area contributed by atoms with Crippen molar-refractivity contribution in [3.8, 4) is 5.75 Å². The van der Waals surface area contributed by atoms with Crippen LogP contribution in [0.4, 0.5) is 0 Å². The molecule has 0 bridgehead atoms. The Balaban J connectivity index is 2.23. The Morgan fingerprint density at radius 2 is 1.90 bits per heavy atom. The first-order valence-corrected chi connectivity index (χ1v) is 7.36. The van der Waals surface area contributed by atoms with E-state index in [0.29, 0.717) is 5.92 Å². The highest BCUT2D eigenvalue weighted by molar-refractivity contribution is 5.30. The Morgan fingerprint density at radius 1 is 1.30 bits per heavy atom. The van der Waals surface area contributed by atoms with Gasteiger partial charge in [-0.15, -0.1) is 0 Å². The Bertz CT molecular complexity index is 455. The van der Waals surface area contributed by atoms with Gasteiger partial charge >= 0.3 is 0 Å². The zero-order valence-electron chi connectivity index (χ0n) is 13.0. The van der Waals surface area contributed by atoms with E-state index in [4.69, 9.17) is 10.5 Å². The molecule has 0 radical (unpaired) electrons. The second-order valence-corrected chi connectivity index (χ2v) is 6.88. The van der Waals surface area contributed by atoms with Crippen LogP contribution in [0.15, 0.2) is 24.3 Å². The molecule has 1 aliphatic rings. The van der Waals surface area contributed by atoms with E-state index in [9.17, 15) is 5.11 Å². The largest absolute Gasteiger partial charge is 0.497 e. The van der Waals surface area contributed by atoms with E-state index < -0.39 is 0 Å². The van der Waals surface area contributed by atoms with Crippen LogP contribution in [-0.4, -0.2) is 18.8 Å². The fourth-order valence-corrected chi connectivity index (χ4v) is 3.57. The summed E-state index contributed by atoms with van der Waals surface area (Å²) in [5, 5.41) is 9.74. The summed E-state index contributed by atoms with van der Waals surface area (Å²) in [4.78, 5) is 0. The molecule has 0 spiro atoms. The van der Waals surface area contributed by atoms with Gasteiger partial charge in [-0.3, -0.25) is 0 Å². The molecule has 1 saturated carbocycles. The molecule has 1 fully saturated rings. The number of rotatable bonds is 4. The van der Waals surface area contributed by atoms with Crippen molar-refractivity contribution in [3.05, 3.63) is 29.8 Å². The fourth-order valence-electron chi connectivity index (χ4n) is 3.57. The van der Waals surface area contributed by atoms with Gasteiger partial charge in [-0.1, -0.05) is 32.9 Å². The minimum absolute atomic E-state index is 0.00396. The number of aliphatic hydroxyl groups excluding tert-OH is 1. The molecular weight excluding hydrogens is 250 g/mol. The monoisotopic (exact) mass is 277 g/mol. The van der Waals surface area contributed by atoms with Crippen LogP contribution in [0.5, 0.6) is 5.75 Å². The number of aliphatic hydroxyl groups is 1. The van der Waals surface area contributed by atoms with Crippen molar-refractivity contribution < 1.29 is 9.84 Å². The highest BCUT2D eigenvalue weighted by Gasteiger charge is 2.52. The van der Waals surface area contributed by atoms with E-state index in [1.54, 1.807) is 7.11 Å². The molecule has 0 heterocycles. The van der Waals surface area contributed by atoms with Crippen LogP contribution >= 0.6 is 0 Å². The van der Waals surface area contributed by atoms with E-state index in [1.165, 1.54) is 0 Å². The van der Waals surface area contributed by atoms with Crippen LogP contribution in [0.3, 0.4) is 0 Å². The van der Waals surface area contributed by atoms with Crippen molar-refractivity contribution in [2.24, 2.45) is 22.5 Å². The Kier molecular flexibility index (Phi) is 4.12. The number of nitrogens with two attached hydrogens (primary N) is 1. The van der Waals surface area contributed by atoms with Crippen LogP contribution < -0.4 is 10.5 Å². The van der Waals surface area contributed by atoms with Gasteiger partial charge in [-0.25, -0.2) is 0 Å². The van der Waals surface area contributed by atoms with E-state index in [1.807, 2.05) is 24.3 Å². The second kappa shape index (κ2) is 5.38. The summed E-state index contributed by atoms with van der Waals surface area (Å²) in [6, 6.07) is 8.02. The average molecular weight is 277 g/mol. The van der Waals surface area contributed by atoms with Gasteiger partial charge in [-0.2, -0.15) is 0 Å². The number of hydrogen-bond acceptors (Lipinski definition) is 3. The molecule has 1 aromatic rings. The van der Waals surface area contributed by atoms with Gasteiger partial charge in [0.05, 0.1) is 7.11 Å². The highest BCUT2D eigenvalue weighted by atomic mass is 16.5. The van der Waals surface area contributed by atoms with Crippen molar-refractivity contribution in [3.63, 3.8) is 0 Å². The second-order valence-electron chi connectivity index (χ2n) is 6.88. The zero-order chi connectivity index (χ0) is 15.0. The van der Waals surface area contributed by atoms with Crippen molar-refractivity contribution >= 4 is 0 Å². The number of hydrogen-bond donors (Lipinski definition) is 2. The fraction of sp³-hybridized carbons (Fsp3) is 0.647. The molecule has 3 atom stereocenters. The molecule has 3 unspecified atom stereocenters. The third kappa shape index (κ3) is 2.33. The maximum Gasteiger partial charge on any atom is 0.118 e. The minimum Gasteiger partial charge on any atom is -0.497 e. The highest BCUT2D eigenvalue weighted by Crippen LogP contribution is 2.58. The molecule has 3 heteroatoms. The van der Waals surface area contributed by atoms with Crippen LogP contribution in [0.25, 0.3) is 0 Å². The van der Waals surface area contributed by atoms with Crippen LogP contribution in [0.1, 0.15) is 45.2 Å². The summed E-state index contributed by atoms with van der Waals surface area (Å²) in [6.07, 6.45) is 2.10. The molecule has 0 amide bonds. The Labute approximate surface area is 122 Å². The van der Waals surface area contributed by atoms with Gasteiger partial charge in [0.2, 0.25) is 0 Å². The average Bonchev–Trinajstić information content (AvgIpc) is 2.69. The van der Waals surface area contributed by atoms with E-state index in [0.717, 1.165) is 24.2 Å². The smallest absolute Gasteiger partial charge is 0.118 e. The van der Waals surface area contributed by atoms with E-state index >= 15 is 0 Å². The van der Waals surface area contributed by atoms with Crippen molar-refractivity contribution in [1.29, 1.82) is 0 Å². The summed E-state index contributed by atoms with van der Waals surface area (Å²) < 4.78 is 5.19. The van der Waals surface area contributed by atoms with Gasteiger partial charge < -0.3 is 15.6 Å². The minimum atomic E-state index is -0.0399. The normalized spacial score (nSPS) is 30.2. The van der Waals surface area contributed by atoms with Crippen molar-refractivity contribution in [2.45, 2.75) is 39.7 Å². The molecule has 3 N–H and O–H groups in total. The molecular formula is C17H27NO2. The van der Waals surface area contributed by atoms with E-state index in [-0.39, 0.29) is 23.5 Å². The topological polar surface area (TPSA) is 55.5 Å². The lowest BCUT2D eigenvalue weighted by Crippen LogP contribution is -2.40. The molecule has 0 aliphatic heterocycles. The number of ether oxygens (including phenoxy) is 1. The summed E-state index contributed by atoms with van der Waals surface area (Å²) in [7, 11) is 1.67. The predicted octanol–water partition coefficient (Wildman–Crippen LogP) is 3.13. The summed E-state index contributed by atoms with van der Waals surface area (Å²) in [5.74, 6) is 1.24. The molecule has 20 heavy (non-hydrogen) atoms. The Hall–Kier alpha value is -1.06. The van der Waals surface area contributed by atoms with Gasteiger partial charge in [0.25, 0.3) is 0 Å². The van der Waals surface area contributed by atoms with Crippen molar-refractivity contribution in [2.75, 3.05) is 13.7 Å². The standard InChI is InChI=1S/C17H27NO2/c1-16(2)14(9-10-17(16,3)11-19)15(18)12-5-7-13(20-4)8-6-12/h5-8,14-15,19H,9-11,18H2,1-4H3. The maximum atomic E-state index is 9.74. The van der Waals surface area contributed by atoms with Gasteiger partial charge in [0, 0.05) is 12.6 Å². The van der Waals surface area contributed by atoms with Crippen LogP contribution in [0.2, 0.25) is 0 Å². The molecule has 1 aromatic carbocycles. The first kappa shape index (κ1) is 15.3. The number of methoxy groups -OCH3 is 1. The Morgan fingerprint density at radius 3 is 2.35 bits per heavy atom. The van der Waals surface area contributed by atoms with Gasteiger partial charge in [0.1, 0.15) is 5.75 Å².